The number of ether oxygens (including phenoxy) is 1. The van der Waals surface area contributed by atoms with Crippen LogP contribution in [-0.2, 0) is 6.54 Å². The SMILES string of the molecule is O=C(O)c1ccncc1NCC1CCOc2cc(-c3ccn(CC4CC4)n3)ccc21. The zero-order valence-corrected chi connectivity index (χ0v) is 16.6. The number of carbonyl (C=O) groups is 1. The van der Waals surface area contributed by atoms with Crippen LogP contribution in [0, 0.1) is 5.92 Å². The Labute approximate surface area is 174 Å². The van der Waals surface area contributed by atoms with Crippen molar-refractivity contribution < 1.29 is 14.6 Å². The van der Waals surface area contributed by atoms with Gasteiger partial charge in [-0.05, 0) is 48.9 Å². The summed E-state index contributed by atoms with van der Waals surface area (Å²) in [6.45, 7) is 2.26. The second-order valence-corrected chi connectivity index (χ2v) is 8.06. The van der Waals surface area contributed by atoms with Crippen molar-refractivity contribution in [2.24, 2.45) is 5.92 Å². The first-order chi connectivity index (χ1) is 14.7. The molecule has 1 atom stereocenters. The molecule has 0 radical (unpaired) electrons. The van der Waals surface area contributed by atoms with Crippen molar-refractivity contribution in [2.45, 2.75) is 31.7 Å². The van der Waals surface area contributed by atoms with Gasteiger partial charge in [-0.15, -0.1) is 0 Å². The summed E-state index contributed by atoms with van der Waals surface area (Å²) in [5.74, 6) is 0.946. The van der Waals surface area contributed by atoms with Gasteiger partial charge in [-0.2, -0.15) is 5.10 Å². The molecule has 30 heavy (non-hydrogen) atoms. The van der Waals surface area contributed by atoms with E-state index in [-0.39, 0.29) is 11.5 Å². The van der Waals surface area contributed by atoms with Crippen molar-refractivity contribution in [3.63, 3.8) is 0 Å². The maximum Gasteiger partial charge on any atom is 0.337 e. The summed E-state index contributed by atoms with van der Waals surface area (Å²) in [6.07, 6.45) is 8.60. The summed E-state index contributed by atoms with van der Waals surface area (Å²) in [6, 6.07) is 9.84. The zero-order valence-electron chi connectivity index (χ0n) is 16.6. The highest BCUT2D eigenvalue weighted by Gasteiger charge is 2.24. The van der Waals surface area contributed by atoms with Gasteiger partial charge >= 0.3 is 5.97 Å². The molecule has 7 nitrogen and oxygen atoms in total. The van der Waals surface area contributed by atoms with Gasteiger partial charge in [0.15, 0.2) is 0 Å². The molecule has 0 amide bonds. The van der Waals surface area contributed by atoms with E-state index < -0.39 is 5.97 Å². The molecule has 1 aliphatic carbocycles. The number of rotatable bonds is 7. The molecule has 2 aliphatic rings. The Kier molecular flexibility index (Phi) is 4.86. The molecule has 0 saturated heterocycles. The van der Waals surface area contributed by atoms with Crippen LogP contribution in [0.3, 0.4) is 0 Å². The molecule has 0 bridgehead atoms. The second kappa shape index (κ2) is 7.82. The lowest BCUT2D eigenvalue weighted by atomic mass is 9.91. The summed E-state index contributed by atoms with van der Waals surface area (Å²) in [5, 5.41) is 17.3. The first-order valence-electron chi connectivity index (χ1n) is 10.4. The van der Waals surface area contributed by atoms with E-state index >= 15 is 0 Å². The van der Waals surface area contributed by atoms with Crippen molar-refractivity contribution >= 4 is 11.7 Å². The predicted molar refractivity (Wildman–Crippen MR) is 113 cm³/mol. The first kappa shape index (κ1) is 18.7. The number of nitrogens with one attached hydrogen (secondary N) is 1. The van der Waals surface area contributed by atoms with Crippen molar-refractivity contribution in [1.82, 2.24) is 14.8 Å². The van der Waals surface area contributed by atoms with Gasteiger partial charge in [0.05, 0.1) is 29.7 Å². The summed E-state index contributed by atoms with van der Waals surface area (Å²) in [7, 11) is 0. The van der Waals surface area contributed by atoms with Crippen LogP contribution in [0.5, 0.6) is 5.75 Å². The normalized spacial score (nSPS) is 17.8. The number of fused-ring (bicyclic) bond motifs is 1. The maximum absolute atomic E-state index is 11.4. The van der Waals surface area contributed by atoms with Crippen molar-refractivity contribution in [3.05, 3.63) is 60.0 Å². The topological polar surface area (TPSA) is 89.3 Å². The largest absolute Gasteiger partial charge is 0.493 e. The molecule has 5 rings (SSSR count). The number of carboxylic acid groups (broad SMARTS) is 1. The van der Waals surface area contributed by atoms with Gasteiger partial charge in [0.25, 0.3) is 0 Å². The van der Waals surface area contributed by atoms with E-state index in [0.717, 1.165) is 41.5 Å². The maximum atomic E-state index is 11.4. The molecule has 1 saturated carbocycles. The lowest BCUT2D eigenvalue weighted by molar-refractivity contribution is 0.0697. The molecule has 1 aromatic carbocycles. The fraction of sp³-hybridized carbons (Fsp3) is 0.348. The van der Waals surface area contributed by atoms with Gasteiger partial charge in [-0.3, -0.25) is 9.67 Å². The van der Waals surface area contributed by atoms with Crippen LogP contribution in [0.25, 0.3) is 11.3 Å². The molecule has 1 aliphatic heterocycles. The summed E-state index contributed by atoms with van der Waals surface area (Å²) >= 11 is 0. The van der Waals surface area contributed by atoms with Crippen molar-refractivity contribution in [3.8, 4) is 17.0 Å². The number of hydrogen-bond acceptors (Lipinski definition) is 5. The Morgan fingerprint density at radius 1 is 1.23 bits per heavy atom. The molecular formula is C23H24N4O3. The zero-order chi connectivity index (χ0) is 20.5. The number of anilines is 1. The number of hydrogen-bond donors (Lipinski definition) is 2. The Morgan fingerprint density at radius 2 is 2.13 bits per heavy atom. The lowest BCUT2D eigenvalue weighted by Gasteiger charge is -2.27. The molecule has 3 heterocycles. The average Bonchev–Trinajstić information content (AvgIpc) is 3.46. The third-order valence-electron chi connectivity index (χ3n) is 5.85. The van der Waals surface area contributed by atoms with E-state index in [9.17, 15) is 9.90 Å². The van der Waals surface area contributed by atoms with Gasteiger partial charge in [-0.1, -0.05) is 12.1 Å². The number of carboxylic acids is 1. The van der Waals surface area contributed by atoms with Crippen LogP contribution < -0.4 is 10.1 Å². The van der Waals surface area contributed by atoms with Gasteiger partial charge in [0.2, 0.25) is 0 Å². The van der Waals surface area contributed by atoms with E-state index in [1.165, 1.54) is 25.1 Å². The minimum absolute atomic E-state index is 0.231. The monoisotopic (exact) mass is 404 g/mol. The highest BCUT2D eigenvalue weighted by atomic mass is 16.5. The molecule has 3 aromatic rings. The number of aromatic carboxylic acids is 1. The highest BCUT2D eigenvalue weighted by Crippen LogP contribution is 2.37. The van der Waals surface area contributed by atoms with Gasteiger partial charge in [0, 0.05) is 37.0 Å². The lowest BCUT2D eigenvalue weighted by Crippen LogP contribution is -2.21. The Morgan fingerprint density at radius 3 is 2.97 bits per heavy atom. The van der Waals surface area contributed by atoms with E-state index in [4.69, 9.17) is 9.84 Å². The standard InChI is InChI=1S/C23H24N4O3/c28-23(29)19-5-8-24-13-21(19)25-12-17-7-10-30-22-11-16(3-4-18(17)22)20-6-9-27(26-20)14-15-1-2-15/h3-6,8-9,11,13,15,17,25H,1-2,7,10,12,14H2,(H,28,29). The Balaban J connectivity index is 1.32. The van der Waals surface area contributed by atoms with Crippen molar-refractivity contribution in [2.75, 3.05) is 18.5 Å². The van der Waals surface area contributed by atoms with Crippen molar-refractivity contribution in [1.29, 1.82) is 0 Å². The second-order valence-electron chi connectivity index (χ2n) is 8.06. The number of benzene rings is 1. The Bertz CT molecular complexity index is 1070. The van der Waals surface area contributed by atoms with Crippen LogP contribution in [0.2, 0.25) is 0 Å². The van der Waals surface area contributed by atoms with Gasteiger partial charge in [-0.25, -0.2) is 4.79 Å². The number of pyridine rings is 1. The van der Waals surface area contributed by atoms with Crippen LogP contribution >= 0.6 is 0 Å². The summed E-state index contributed by atoms with van der Waals surface area (Å²) < 4.78 is 7.98. The molecule has 154 valence electrons. The number of nitrogens with zero attached hydrogens (tertiary/aromatic N) is 3. The van der Waals surface area contributed by atoms with E-state index in [1.807, 2.05) is 4.68 Å². The molecule has 2 N–H and O–H groups in total. The quantitative estimate of drug-likeness (QED) is 0.618. The minimum Gasteiger partial charge on any atom is -0.493 e. The molecule has 2 aromatic heterocycles. The molecule has 0 spiro atoms. The van der Waals surface area contributed by atoms with Crippen LogP contribution in [0.15, 0.2) is 48.9 Å². The van der Waals surface area contributed by atoms with E-state index in [1.54, 1.807) is 6.20 Å². The molecule has 7 heteroatoms. The van der Waals surface area contributed by atoms with Crippen LogP contribution in [-0.4, -0.2) is 39.0 Å². The average molecular weight is 404 g/mol. The highest BCUT2D eigenvalue weighted by molar-refractivity contribution is 5.93. The fourth-order valence-electron chi connectivity index (χ4n) is 3.97. The predicted octanol–water partition coefficient (Wildman–Crippen LogP) is 4.03. The number of aromatic nitrogens is 3. The summed E-state index contributed by atoms with van der Waals surface area (Å²) in [4.78, 5) is 15.5. The molecular weight excluding hydrogens is 380 g/mol. The van der Waals surface area contributed by atoms with Crippen LogP contribution in [0.4, 0.5) is 5.69 Å². The third-order valence-corrected chi connectivity index (χ3v) is 5.85. The molecule has 1 fully saturated rings. The third kappa shape index (κ3) is 3.87. The van der Waals surface area contributed by atoms with E-state index in [0.29, 0.717) is 18.8 Å². The smallest absolute Gasteiger partial charge is 0.337 e. The van der Waals surface area contributed by atoms with E-state index in [2.05, 4.69) is 40.8 Å². The fourth-order valence-corrected chi connectivity index (χ4v) is 3.97. The minimum atomic E-state index is -0.960. The Hall–Kier alpha value is -3.35. The summed E-state index contributed by atoms with van der Waals surface area (Å²) in [5.41, 5.74) is 3.92. The molecule has 1 unspecified atom stereocenters. The van der Waals surface area contributed by atoms with Gasteiger partial charge in [0.1, 0.15) is 5.75 Å². The first-order valence-corrected chi connectivity index (χ1v) is 10.4. The van der Waals surface area contributed by atoms with Gasteiger partial charge < -0.3 is 15.2 Å². The van der Waals surface area contributed by atoms with Crippen LogP contribution in [0.1, 0.15) is 41.1 Å².